The zero-order valence-electron chi connectivity index (χ0n) is 11.3. The molecule has 1 N–H and O–H groups in total. The Kier molecular flexibility index (Phi) is 6.90. The average Bonchev–Trinajstić information content (AvgIpc) is 2.30. The summed E-state index contributed by atoms with van der Waals surface area (Å²) in [6.45, 7) is 10.3. The van der Waals surface area contributed by atoms with Gasteiger partial charge in [0.25, 0.3) is 0 Å². The van der Waals surface area contributed by atoms with Gasteiger partial charge < -0.3 is 10.1 Å². The van der Waals surface area contributed by atoms with Crippen LogP contribution in [0.3, 0.4) is 0 Å². The maximum atomic E-state index is 5.70. The summed E-state index contributed by atoms with van der Waals surface area (Å²) in [4.78, 5) is 0. The van der Waals surface area contributed by atoms with Crippen LogP contribution in [0, 0.1) is 11.8 Å². The molecule has 0 bridgehead atoms. The van der Waals surface area contributed by atoms with Crippen molar-refractivity contribution >= 4 is 0 Å². The summed E-state index contributed by atoms with van der Waals surface area (Å²) in [5.41, 5.74) is 1.25. The van der Waals surface area contributed by atoms with Gasteiger partial charge in [0, 0.05) is 0 Å². The van der Waals surface area contributed by atoms with Crippen LogP contribution in [0.4, 0.5) is 0 Å². The van der Waals surface area contributed by atoms with Crippen LogP contribution >= 0.6 is 0 Å². The van der Waals surface area contributed by atoms with Gasteiger partial charge in [0.2, 0.25) is 0 Å². The Balaban J connectivity index is 2.06. The molecule has 0 aliphatic rings. The molecule has 0 heterocycles. The Morgan fingerprint density at radius 1 is 1.06 bits per heavy atom. The molecule has 2 nitrogen and oxygen atoms in total. The third-order valence-corrected chi connectivity index (χ3v) is 2.56. The van der Waals surface area contributed by atoms with Crippen LogP contribution in [0.5, 0.6) is 0 Å². The van der Waals surface area contributed by atoms with Gasteiger partial charge in [-0.3, -0.25) is 0 Å². The van der Waals surface area contributed by atoms with E-state index in [1.54, 1.807) is 0 Å². The minimum absolute atomic E-state index is 0.567. The molecule has 0 spiro atoms. The fourth-order valence-corrected chi connectivity index (χ4v) is 1.63. The van der Waals surface area contributed by atoms with Gasteiger partial charge in [0.1, 0.15) is 0 Å². The molecule has 0 aromatic heterocycles. The number of hydrogen-bond donors (Lipinski definition) is 1. The van der Waals surface area contributed by atoms with E-state index in [0.29, 0.717) is 11.8 Å². The van der Waals surface area contributed by atoms with Gasteiger partial charge in [-0.25, -0.2) is 0 Å². The van der Waals surface area contributed by atoms with Crippen molar-refractivity contribution in [3.63, 3.8) is 0 Å². The number of ether oxygens (including phenoxy) is 1. The predicted octanol–water partition coefficient (Wildman–Crippen LogP) is 3.08. The first-order valence-electron chi connectivity index (χ1n) is 6.51. The molecule has 17 heavy (non-hydrogen) atoms. The lowest BCUT2D eigenvalue weighted by Crippen LogP contribution is -2.27. The predicted molar refractivity (Wildman–Crippen MR) is 73.0 cm³/mol. The Hall–Kier alpha value is -0.860. The summed E-state index contributed by atoms with van der Waals surface area (Å²) in [6.07, 6.45) is 0. The maximum Gasteiger partial charge on any atom is 0.0717 e. The van der Waals surface area contributed by atoms with E-state index in [9.17, 15) is 0 Å². The summed E-state index contributed by atoms with van der Waals surface area (Å²) < 4.78 is 5.70. The van der Waals surface area contributed by atoms with Crippen molar-refractivity contribution in [1.82, 2.24) is 5.32 Å². The monoisotopic (exact) mass is 235 g/mol. The van der Waals surface area contributed by atoms with E-state index < -0.39 is 0 Å². The van der Waals surface area contributed by atoms with Crippen molar-refractivity contribution in [2.75, 3.05) is 19.7 Å². The van der Waals surface area contributed by atoms with Crippen molar-refractivity contribution in [3.8, 4) is 0 Å². The van der Waals surface area contributed by atoms with Crippen LogP contribution < -0.4 is 5.32 Å². The molecular weight excluding hydrogens is 210 g/mol. The van der Waals surface area contributed by atoms with E-state index >= 15 is 0 Å². The fourth-order valence-electron chi connectivity index (χ4n) is 1.63. The minimum atomic E-state index is 0.567. The summed E-state index contributed by atoms with van der Waals surface area (Å²) >= 11 is 0. The van der Waals surface area contributed by atoms with Gasteiger partial charge in [0.15, 0.2) is 0 Å². The van der Waals surface area contributed by atoms with E-state index in [2.05, 4.69) is 38.2 Å². The Bertz CT molecular complexity index is 284. The topological polar surface area (TPSA) is 21.3 Å². The zero-order chi connectivity index (χ0) is 12.5. The lowest BCUT2D eigenvalue weighted by molar-refractivity contribution is 0.0916. The number of nitrogens with one attached hydrogen (secondary N) is 1. The standard InChI is InChI=1S/C15H25NO/c1-13(2)9-16-10-14(3)11-17-12-15-7-5-4-6-8-15/h4-8,13-14,16H,9-12H2,1-3H3. The Morgan fingerprint density at radius 2 is 1.76 bits per heavy atom. The second kappa shape index (κ2) is 8.26. The van der Waals surface area contributed by atoms with Crippen LogP contribution in [0.2, 0.25) is 0 Å². The first-order chi connectivity index (χ1) is 8.18. The van der Waals surface area contributed by atoms with Crippen LogP contribution in [0.25, 0.3) is 0 Å². The van der Waals surface area contributed by atoms with Crippen molar-refractivity contribution in [2.24, 2.45) is 11.8 Å². The molecule has 0 aliphatic carbocycles. The highest BCUT2D eigenvalue weighted by Gasteiger charge is 2.02. The molecule has 1 rings (SSSR count). The smallest absolute Gasteiger partial charge is 0.0717 e. The first kappa shape index (κ1) is 14.2. The van der Waals surface area contributed by atoms with Gasteiger partial charge in [-0.05, 0) is 30.5 Å². The molecule has 1 unspecified atom stereocenters. The van der Waals surface area contributed by atoms with Gasteiger partial charge in [-0.15, -0.1) is 0 Å². The quantitative estimate of drug-likeness (QED) is 0.747. The highest BCUT2D eigenvalue weighted by atomic mass is 16.5. The average molecular weight is 235 g/mol. The second-order valence-electron chi connectivity index (χ2n) is 5.16. The van der Waals surface area contributed by atoms with Crippen molar-refractivity contribution in [1.29, 1.82) is 0 Å². The summed E-state index contributed by atoms with van der Waals surface area (Å²) in [5, 5.41) is 3.45. The number of rotatable bonds is 8. The van der Waals surface area contributed by atoms with Crippen LogP contribution in [0.1, 0.15) is 26.3 Å². The van der Waals surface area contributed by atoms with Gasteiger partial charge in [0.05, 0.1) is 13.2 Å². The van der Waals surface area contributed by atoms with Crippen molar-refractivity contribution in [2.45, 2.75) is 27.4 Å². The lowest BCUT2D eigenvalue weighted by atomic mass is 10.1. The Labute approximate surface area is 105 Å². The molecule has 1 aromatic rings. The third kappa shape index (κ3) is 7.14. The normalized spacial score (nSPS) is 12.9. The van der Waals surface area contributed by atoms with E-state index in [4.69, 9.17) is 4.74 Å². The summed E-state index contributed by atoms with van der Waals surface area (Å²) in [7, 11) is 0. The highest BCUT2D eigenvalue weighted by molar-refractivity contribution is 5.13. The molecule has 1 aromatic carbocycles. The zero-order valence-corrected chi connectivity index (χ0v) is 11.3. The van der Waals surface area contributed by atoms with Crippen molar-refractivity contribution in [3.05, 3.63) is 35.9 Å². The molecule has 0 saturated carbocycles. The molecule has 96 valence electrons. The molecule has 2 heteroatoms. The molecule has 1 atom stereocenters. The molecule has 0 saturated heterocycles. The van der Waals surface area contributed by atoms with Crippen LogP contribution in [-0.4, -0.2) is 19.7 Å². The van der Waals surface area contributed by atoms with Crippen molar-refractivity contribution < 1.29 is 4.74 Å². The minimum Gasteiger partial charge on any atom is -0.376 e. The number of benzene rings is 1. The highest BCUT2D eigenvalue weighted by Crippen LogP contribution is 2.02. The fraction of sp³-hybridized carbons (Fsp3) is 0.600. The van der Waals surface area contributed by atoms with E-state index in [1.807, 2.05) is 18.2 Å². The molecular formula is C15H25NO. The number of hydrogen-bond acceptors (Lipinski definition) is 2. The molecule has 0 fully saturated rings. The van der Waals surface area contributed by atoms with Gasteiger partial charge in [-0.2, -0.15) is 0 Å². The summed E-state index contributed by atoms with van der Waals surface area (Å²) in [5.74, 6) is 1.28. The van der Waals surface area contributed by atoms with Gasteiger partial charge in [-0.1, -0.05) is 51.1 Å². The van der Waals surface area contributed by atoms with Crippen LogP contribution in [-0.2, 0) is 11.3 Å². The molecule has 0 radical (unpaired) electrons. The van der Waals surface area contributed by atoms with Crippen LogP contribution in [0.15, 0.2) is 30.3 Å². The largest absolute Gasteiger partial charge is 0.376 e. The second-order valence-corrected chi connectivity index (χ2v) is 5.16. The molecule has 0 aliphatic heterocycles. The Morgan fingerprint density at radius 3 is 2.41 bits per heavy atom. The molecule has 0 amide bonds. The van der Waals surface area contributed by atoms with E-state index in [0.717, 1.165) is 26.3 Å². The van der Waals surface area contributed by atoms with E-state index in [-0.39, 0.29) is 0 Å². The SMILES string of the molecule is CC(C)CNCC(C)COCc1ccccc1. The third-order valence-electron chi connectivity index (χ3n) is 2.56. The lowest BCUT2D eigenvalue weighted by Gasteiger charge is -2.14. The van der Waals surface area contributed by atoms with Gasteiger partial charge >= 0.3 is 0 Å². The maximum absolute atomic E-state index is 5.70. The van der Waals surface area contributed by atoms with E-state index in [1.165, 1.54) is 5.56 Å². The first-order valence-corrected chi connectivity index (χ1v) is 6.51. The summed E-state index contributed by atoms with van der Waals surface area (Å²) in [6, 6.07) is 10.3.